The summed E-state index contributed by atoms with van der Waals surface area (Å²) >= 11 is 0. The Labute approximate surface area is 177 Å². The number of halogens is 1. The summed E-state index contributed by atoms with van der Waals surface area (Å²) in [6.07, 6.45) is 2.47. The molecule has 0 amide bonds. The lowest BCUT2D eigenvalue weighted by molar-refractivity contribution is 0.322. The molecule has 0 saturated carbocycles. The highest BCUT2D eigenvalue weighted by Crippen LogP contribution is 2.39. The fraction of sp³-hybridized carbons (Fsp3) is 0.421. The number of ether oxygens (including phenoxy) is 3. The second-order valence-electron chi connectivity index (χ2n) is 5.44. The second kappa shape index (κ2) is 12.3. The van der Waals surface area contributed by atoms with Crippen LogP contribution in [0.15, 0.2) is 39.9 Å². The summed E-state index contributed by atoms with van der Waals surface area (Å²) in [6, 6.07) is 7.62. The molecule has 1 aromatic carbocycles. The number of guanidine groups is 1. The number of hydrogen-bond donors (Lipinski definition) is 2. The third kappa shape index (κ3) is 6.53. The number of hydrogen-bond acceptors (Lipinski definition) is 5. The number of nitrogens with zero attached hydrogens (tertiary/aromatic N) is 1. The predicted molar refractivity (Wildman–Crippen MR) is 117 cm³/mol. The Morgan fingerprint density at radius 3 is 2.41 bits per heavy atom. The number of rotatable bonds is 9. The van der Waals surface area contributed by atoms with Gasteiger partial charge in [0.25, 0.3) is 0 Å². The van der Waals surface area contributed by atoms with Crippen molar-refractivity contribution in [3.8, 4) is 17.2 Å². The smallest absolute Gasteiger partial charge is 0.203 e. The quantitative estimate of drug-likeness (QED) is 0.320. The highest BCUT2D eigenvalue weighted by atomic mass is 127. The summed E-state index contributed by atoms with van der Waals surface area (Å²) in [7, 11) is 4.80. The van der Waals surface area contributed by atoms with E-state index >= 15 is 0 Å². The Hall–Kier alpha value is -2.10. The van der Waals surface area contributed by atoms with E-state index in [-0.39, 0.29) is 24.0 Å². The Morgan fingerprint density at radius 1 is 1.04 bits per heavy atom. The zero-order valence-electron chi connectivity index (χ0n) is 16.2. The molecular formula is C19H28IN3O4. The lowest BCUT2D eigenvalue weighted by atomic mass is 10.1. The van der Waals surface area contributed by atoms with E-state index in [9.17, 15) is 0 Å². The van der Waals surface area contributed by atoms with Crippen LogP contribution in [-0.2, 0) is 13.0 Å². The minimum atomic E-state index is 0. The molecule has 1 aromatic heterocycles. The zero-order chi connectivity index (χ0) is 18.8. The molecule has 2 rings (SSSR count). The van der Waals surface area contributed by atoms with Crippen molar-refractivity contribution < 1.29 is 18.6 Å². The van der Waals surface area contributed by atoms with Crippen LogP contribution >= 0.6 is 24.0 Å². The maximum atomic E-state index is 5.50. The van der Waals surface area contributed by atoms with E-state index in [2.05, 4.69) is 15.6 Å². The number of furan rings is 1. The molecule has 7 nitrogen and oxygen atoms in total. The van der Waals surface area contributed by atoms with E-state index in [0.29, 0.717) is 23.8 Å². The van der Waals surface area contributed by atoms with Crippen LogP contribution in [0.2, 0.25) is 0 Å². The topological polar surface area (TPSA) is 77.3 Å². The molecule has 0 atom stereocenters. The minimum Gasteiger partial charge on any atom is -0.493 e. The van der Waals surface area contributed by atoms with Crippen molar-refractivity contribution in [3.05, 3.63) is 41.9 Å². The fourth-order valence-electron chi connectivity index (χ4n) is 2.55. The number of methoxy groups -OCH3 is 3. The van der Waals surface area contributed by atoms with Crippen molar-refractivity contribution in [2.24, 2.45) is 4.99 Å². The monoisotopic (exact) mass is 489 g/mol. The van der Waals surface area contributed by atoms with Crippen molar-refractivity contribution in [1.82, 2.24) is 10.6 Å². The van der Waals surface area contributed by atoms with Crippen LogP contribution in [0.3, 0.4) is 0 Å². The van der Waals surface area contributed by atoms with Gasteiger partial charge in [-0.15, -0.1) is 24.0 Å². The first kappa shape index (κ1) is 22.9. The summed E-state index contributed by atoms with van der Waals surface area (Å²) in [6.45, 7) is 3.97. The Kier molecular flexibility index (Phi) is 10.5. The van der Waals surface area contributed by atoms with Crippen molar-refractivity contribution in [2.45, 2.75) is 19.9 Å². The van der Waals surface area contributed by atoms with Gasteiger partial charge in [0, 0.05) is 25.1 Å². The standard InChI is InChI=1S/C19H27N3O4.HI/c1-5-20-19(21-11-10-15-7-6-12-26-15)22-13-14-8-9-16(23-2)18(25-4)17(14)24-3;/h6-9,12H,5,10-11,13H2,1-4H3,(H2,20,21,22);1H. The average molecular weight is 489 g/mol. The van der Waals surface area contributed by atoms with Crippen molar-refractivity contribution in [3.63, 3.8) is 0 Å². The molecule has 0 fully saturated rings. The van der Waals surface area contributed by atoms with Gasteiger partial charge in [-0.2, -0.15) is 0 Å². The number of aliphatic imine (C=N–C) groups is 1. The SMILES string of the molecule is CCNC(=NCc1ccc(OC)c(OC)c1OC)NCCc1ccco1.I. The molecule has 0 radical (unpaired) electrons. The first-order valence-corrected chi connectivity index (χ1v) is 8.55. The van der Waals surface area contributed by atoms with Crippen molar-refractivity contribution in [1.29, 1.82) is 0 Å². The first-order valence-electron chi connectivity index (χ1n) is 8.55. The van der Waals surface area contributed by atoms with Crippen LogP contribution in [0.25, 0.3) is 0 Å². The normalized spacial score (nSPS) is 10.7. The van der Waals surface area contributed by atoms with Crippen LogP contribution in [0.4, 0.5) is 0 Å². The highest BCUT2D eigenvalue weighted by Gasteiger charge is 2.15. The third-order valence-corrected chi connectivity index (χ3v) is 3.78. The summed E-state index contributed by atoms with van der Waals surface area (Å²) in [5, 5.41) is 6.53. The molecule has 2 aromatic rings. The van der Waals surface area contributed by atoms with Gasteiger partial charge in [0.2, 0.25) is 5.75 Å². The molecule has 0 bridgehead atoms. The summed E-state index contributed by atoms with van der Waals surface area (Å²) in [5.41, 5.74) is 0.911. The van der Waals surface area contributed by atoms with Gasteiger partial charge in [-0.25, -0.2) is 4.99 Å². The van der Waals surface area contributed by atoms with Gasteiger partial charge in [0.1, 0.15) is 5.76 Å². The number of nitrogens with one attached hydrogen (secondary N) is 2. The molecule has 0 aliphatic rings. The molecule has 150 valence electrons. The van der Waals surface area contributed by atoms with Gasteiger partial charge in [0.15, 0.2) is 17.5 Å². The van der Waals surface area contributed by atoms with E-state index < -0.39 is 0 Å². The summed E-state index contributed by atoms with van der Waals surface area (Å²) in [5.74, 6) is 3.49. The second-order valence-corrected chi connectivity index (χ2v) is 5.44. The van der Waals surface area contributed by atoms with Gasteiger partial charge in [-0.1, -0.05) is 0 Å². The third-order valence-electron chi connectivity index (χ3n) is 3.78. The average Bonchev–Trinajstić information content (AvgIpc) is 3.18. The molecule has 0 spiro atoms. The highest BCUT2D eigenvalue weighted by molar-refractivity contribution is 14.0. The minimum absolute atomic E-state index is 0. The molecule has 0 unspecified atom stereocenters. The maximum absolute atomic E-state index is 5.50. The van der Waals surface area contributed by atoms with Crippen LogP contribution in [-0.4, -0.2) is 40.4 Å². The molecule has 0 aliphatic carbocycles. The predicted octanol–water partition coefficient (Wildman–Crippen LogP) is 3.22. The van der Waals surface area contributed by atoms with E-state index in [1.54, 1.807) is 27.6 Å². The maximum Gasteiger partial charge on any atom is 0.203 e. The van der Waals surface area contributed by atoms with Gasteiger partial charge >= 0.3 is 0 Å². The van der Waals surface area contributed by atoms with E-state index in [4.69, 9.17) is 18.6 Å². The van der Waals surface area contributed by atoms with Crippen LogP contribution in [0.5, 0.6) is 17.2 Å². The number of benzene rings is 1. The molecular weight excluding hydrogens is 461 g/mol. The van der Waals surface area contributed by atoms with Gasteiger partial charge < -0.3 is 29.3 Å². The van der Waals surface area contributed by atoms with Gasteiger partial charge in [-0.05, 0) is 31.2 Å². The summed E-state index contributed by atoms with van der Waals surface area (Å²) in [4.78, 5) is 4.63. The van der Waals surface area contributed by atoms with Gasteiger partial charge in [-0.3, -0.25) is 0 Å². The van der Waals surface area contributed by atoms with E-state index in [0.717, 1.165) is 36.8 Å². The Morgan fingerprint density at radius 2 is 1.81 bits per heavy atom. The molecule has 0 saturated heterocycles. The Bertz CT molecular complexity index is 705. The molecule has 2 N–H and O–H groups in total. The van der Waals surface area contributed by atoms with E-state index in [1.807, 2.05) is 31.2 Å². The fourth-order valence-corrected chi connectivity index (χ4v) is 2.55. The largest absolute Gasteiger partial charge is 0.493 e. The van der Waals surface area contributed by atoms with E-state index in [1.165, 1.54) is 0 Å². The molecule has 1 heterocycles. The lowest BCUT2D eigenvalue weighted by Gasteiger charge is -2.15. The Balaban J connectivity index is 0.00000364. The van der Waals surface area contributed by atoms with Gasteiger partial charge in [0.05, 0.1) is 34.1 Å². The van der Waals surface area contributed by atoms with Crippen LogP contribution in [0, 0.1) is 0 Å². The zero-order valence-corrected chi connectivity index (χ0v) is 18.5. The van der Waals surface area contributed by atoms with Crippen molar-refractivity contribution in [2.75, 3.05) is 34.4 Å². The van der Waals surface area contributed by atoms with Crippen molar-refractivity contribution >= 4 is 29.9 Å². The molecule has 0 aliphatic heterocycles. The lowest BCUT2D eigenvalue weighted by Crippen LogP contribution is -2.38. The molecule has 27 heavy (non-hydrogen) atoms. The molecule has 8 heteroatoms. The first-order chi connectivity index (χ1) is 12.7. The summed E-state index contributed by atoms with van der Waals surface area (Å²) < 4.78 is 21.6. The van der Waals surface area contributed by atoms with Crippen LogP contribution in [0.1, 0.15) is 18.2 Å². The van der Waals surface area contributed by atoms with Crippen LogP contribution < -0.4 is 24.8 Å².